The third kappa shape index (κ3) is 4.99. The van der Waals surface area contributed by atoms with Crippen LogP contribution in [0.2, 0.25) is 0 Å². The van der Waals surface area contributed by atoms with Gasteiger partial charge in [0.15, 0.2) is 0 Å². The summed E-state index contributed by atoms with van der Waals surface area (Å²) in [4.78, 5) is 2.46. The van der Waals surface area contributed by atoms with Gasteiger partial charge < -0.3 is 20.1 Å². The van der Waals surface area contributed by atoms with Crippen LogP contribution in [0.25, 0.3) is 0 Å². The van der Waals surface area contributed by atoms with Crippen LogP contribution in [0, 0.1) is 5.92 Å². The van der Waals surface area contributed by atoms with E-state index in [0.717, 1.165) is 45.8 Å². The first-order valence-electron chi connectivity index (χ1n) is 8.38. The second kappa shape index (κ2) is 9.72. The zero-order valence-electron chi connectivity index (χ0n) is 13.7. The number of nitrogens with one attached hydrogen (secondary N) is 1. The summed E-state index contributed by atoms with van der Waals surface area (Å²) in [5.74, 6) is 0.605. The molecule has 2 atom stereocenters. The first-order valence-corrected chi connectivity index (χ1v) is 8.38. The Morgan fingerprint density at radius 3 is 2.70 bits per heavy atom. The molecule has 0 aromatic carbocycles. The molecule has 0 amide bonds. The van der Waals surface area contributed by atoms with Crippen LogP contribution in [0.15, 0.2) is 0 Å². The van der Waals surface area contributed by atoms with Gasteiger partial charge in [-0.1, -0.05) is 20.3 Å². The molecule has 0 saturated heterocycles. The minimum Gasteiger partial charge on any atom is -0.394 e. The van der Waals surface area contributed by atoms with Gasteiger partial charge in [0.2, 0.25) is 0 Å². The van der Waals surface area contributed by atoms with Crippen molar-refractivity contribution in [2.75, 3.05) is 46.0 Å². The number of likely N-dealkylation sites (N-methyl/N-ethyl adjacent to an activating group) is 2. The maximum atomic E-state index is 9.82. The van der Waals surface area contributed by atoms with E-state index in [-0.39, 0.29) is 12.1 Å². The van der Waals surface area contributed by atoms with Gasteiger partial charge in [-0.25, -0.2) is 0 Å². The summed E-state index contributed by atoms with van der Waals surface area (Å²) in [6.45, 7) is 12.4. The fourth-order valence-electron chi connectivity index (χ4n) is 3.52. The fraction of sp³-hybridized carbons (Fsp3) is 1.00. The van der Waals surface area contributed by atoms with Crippen molar-refractivity contribution in [1.82, 2.24) is 10.2 Å². The molecule has 0 aromatic rings. The molecule has 1 aliphatic carbocycles. The lowest BCUT2D eigenvalue weighted by Crippen LogP contribution is -2.52. The molecule has 0 aliphatic heterocycles. The summed E-state index contributed by atoms with van der Waals surface area (Å²) in [6, 6.07) is 0. The highest BCUT2D eigenvalue weighted by atomic mass is 16.5. The molecule has 2 unspecified atom stereocenters. The van der Waals surface area contributed by atoms with Crippen molar-refractivity contribution in [1.29, 1.82) is 0 Å². The van der Waals surface area contributed by atoms with Crippen molar-refractivity contribution in [3.63, 3.8) is 0 Å². The van der Waals surface area contributed by atoms with Gasteiger partial charge in [-0.05, 0) is 51.7 Å². The second-order valence-electron chi connectivity index (χ2n) is 5.85. The van der Waals surface area contributed by atoms with E-state index in [9.17, 15) is 5.11 Å². The number of aliphatic hydroxyl groups excluding tert-OH is 1. The van der Waals surface area contributed by atoms with Crippen LogP contribution in [-0.2, 0) is 4.74 Å². The van der Waals surface area contributed by atoms with Gasteiger partial charge in [0.05, 0.1) is 13.2 Å². The largest absolute Gasteiger partial charge is 0.394 e. The molecule has 4 heteroatoms. The smallest absolute Gasteiger partial charge is 0.0616 e. The molecule has 20 heavy (non-hydrogen) atoms. The van der Waals surface area contributed by atoms with Gasteiger partial charge in [-0.15, -0.1) is 0 Å². The first-order chi connectivity index (χ1) is 9.72. The number of nitrogens with zero attached hydrogens (tertiary/aromatic N) is 1. The zero-order chi connectivity index (χ0) is 14.8. The zero-order valence-corrected chi connectivity index (χ0v) is 13.7. The highest BCUT2D eigenvalue weighted by molar-refractivity contribution is 4.98. The van der Waals surface area contributed by atoms with E-state index in [1.165, 1.54) is 19.3 Å². The molecule has 120 valence electrons. The van der Waals surface area contributed by atoms with Crippen LogP contribution in [0.1, 0.15) is 46.5 Å². The molecular weight excluding hydrogens is 252 g/mol. The van der Waals surface area contributed by atoms with E-state index >= 15 is 0 Å². The van der Waals surface area contributed by atoms with Crippen LogP contribution in [0.5, 0.6) is 0 Å². The van der Waals surface area contributed by atoms with Crippen LogP contribution in [0.4, 0.5) is 0 Å². The third-order valence-corrected chi connectivity index (χ3v) is 4.76. The molecule has 0 radical (unpaired) electrons. The molecule has 0 bridgehead atoms. The van der Waals surface area contributed by atoms with Gasteiger partial charge in [0.1, 0.15) is 0 Å². The summed E-state index contributed by atoms with van der Waals surface area (Å²) in [7, 11) is 0. The fourth-order valence-corrected chi connectivity index (χ4v) is 3.52. The first kappa shape index (κ1) is 17.9. The monoisotopic (exact) mass is 286 g/mol. The average molecular weight is 286 g/mol. The SMILES string of the molecule is CCNC1(CO)CCCC1CCN(CC)CCOCC. The Labute approximate surface area is 124 Å². The van der Waals surface area contributed by atoms with Gasteiger partial charge in [-0.3, -0.25) is 0 Å². The summed E-state index contributed by atoms with van der Waals surface area (Å²) in [6.07, 6.45) is 4.78. The van der Waals surface area contributed by atoms with E-state index in [1.54, 1.807) is 0 Å². The van der Waals surface area contributed by atoms with E-state index in [0.29, 0.717) is 5.92 Å². The highest BCUT2D eigenvalue weighted by Crippen LogP contribution is 2.37. The maximum absolute atomic E-state index is 9.82. The normalized spacial score (nSPS) is 26.6. The number of rotatable bonds is 11. The lowest BCUT2D eigenvalue weighted by atomic mass is 9.85. The molecule has 2 N–H and O–H groups in total. The average Bonchev–Trinajstić information content (AvgIpc) is 2.86. The molecule has 0 spiro atoms. The van der Waals surface area contributed by atoms with E-state index in [1.807, 2.05) is 6.92 Å². The molecule has 0 heterocycles. The molecule has 1 rings (SSSR count). The number of aliphatic hydroxyl groups is 1. The molecular formula is C16H34N2O2. The number of hydrogen-bond acceptors (Lipinski definition) is 4. The third-order valence-electron chi connectivity index (χ3n) is 4.76. The van der Waals surface area contributed by atoms with E-state index in [2.05, 4.69) is 24.1 Å². The summed E-state index contributed by atoms with van der Waals surface area (Å²) >= 11 is 0. The number of hydrogen-bond donors (Lipinski definition) is 2. The summed E-state index contributed by atoms with van der Waals surface area (Å²) < 4.78 is 5.44. The predicted molar refractivity (Wildman–Crippen MR) is 84.1 cm³/mol. The van der Waals surface area contributed by atoms with Gasteiger partial charge >= 0.3 is 0 Å². The van der Waals surface area contributed by atoms with Gasteiger partial charge in [0, 0.05) is 18.7 Å². The van der Waals surface area contributed by atoms with Crippen molar-refractivity contribution in [2.45, 2.75) is 52.0 Å². The van der Waals surface area contributed by atoms with E-state index < -0.39 is 0 Å². The van der Waals surface area contributed by atoms with Crippen LogP contribution in [0.3, 0.4) is 0 Å². The number of ether oxygens (including phenoxy) is 1. The lowest BCUT2D eigenvalue weighted by molar-refractivity contribution is 0.0961. The molecule has 0 aromatic heterocycles. The predicted octanol–water partition coefficient (Wildman–Crippen LogP) is 1.88. The van der Waals surface area contributed by atoms with Crippen LogP contribution in [-0.4, -0.2) is 61.5 Å². The summed E-state index contributed by atoms with van der Waals surface area (Å²) in [5.41, 5.74) is -0.0198. The Balaban J connectivity index is 2.41. The minimum atomic E-state index is -0.0198. The van der Waals surface area contributed by atoms with Gasteiger partial charge in [-0.2, -0.15) is 0 Å². The maximum Gasteiger partial charge on any atom is 0.0616 e. The van der Waals surface area contributed by atoms with Crippen LogP contribution >= 0.6 is 0 Å². The topological polar surface area (TPSA) is 44.7 Å². The van der Waals surface area contributed by atoms with Crippen LogP contribution < -0.4 is 5.32 Å². The quantitative estimate of drug-likeness (QED) is 0.569. The lowest BCUT2D eigenvalue weighted by Gasteiger charge is -2.36. The molecule has 1 aliphatic rings. The Hall–Kier alpha value is -0.160. The Morgan fingerprint density at radius 2 is 2.10 bits per heavy atom. The van der Waals surface area contributed by atoms with Crippen molar-refractivity contribution < 1.29 is 9.84 Å². The van der Waals surface area contributed by atoms with Crippen molar-refractivity contribution >= 4 is 0 Å². The molecule has 1 saturated carbocycles. The molecule has 4 nitrogen and oxygen atoms in total. The molecule has 1 fully saturated rings. The second-order valence-corrected chi connectivity index (χ2v) is 5.85. The van der Waals surface area contributed by atoms with Gasteiger partial charge in [0.25, 0.3) is 0 Å². The van der Waals surface area contributed by atoms with E-state index in [4.69, 9.17) is 4.74 Å². The van der Waals surface area contributed by atoms with Crippen molar-refractivity contribution in [3.05, 3.63) is 0 Å². The highest BCUT2D eigenvalue weighted by Gasteiger charge is 2.41. The standard InChI is InChI=1S/C16H34N2O2/c1-4-17-16(14-19)10-7-8-15(16)9-11-18(5-2)12-13-20-6-3/h15,17,19H,4-14H2,1-3H3. The summed E-state index contributed by atoms with van der Waals surface area (Å²) in [5, 5.41) is 13.4. The Bertz CT molecular complexity index is 251. The Kier molecular flexibility index (Phi) is 8.69. The van der Waals surface area contributed by atoms with Crippen molar-refractivity contribution in [3.8, 4) is 0 Å². The van der Waals surface area contributed by atoms with Crippen molar-refractivity contribution in [2.24, 2.45) is 5.92 Å². The Morgan fingerprint density at radius 1 is 1.30 bits per heavy atom. The minimum absolute atomic E-state index is 0.0198.